The predicted octanol–water partition coefficient (Wildman–Crippen LogP) is 3.76. The Morgan fingerprint density at radius 3 is 2.22 bits per heavy atom. The first kappa shape index (κ1) is 13.3. The molecule has 0 saturated heterocycles. The van der Waals surface area contributed by atoms with E-state index < -0.39 is 0 Å². The third-order valence-electron chi connectivity index (χ3n) is 4.09. The lowest BCUT2D eigenvalue weighted by Gasteiger charge is -2.19. The fraction of sp³-hybridized carbons (Fsp3) is 0.733. The van der Waals surface area contributed by atoms with Crippen molar-refractivity contribution in [1.29, 1.82) is 0 Å². The molecule has 0 spiro atoms. The van der Waals surface area contributed by atoms with Gasteiger partial charge in [-0.25, -0.2) is 9.97 Å². The topological polar surface area (TPSA) is 51.8 Å². The maximum absolute atomic E-state index is 6.06. The molecule has 1 saturated carbocycles. The zero-order chi connectivity index (χ0) is 13.0. The van der Waals surface area contributed by atoms with E-state index in [4.69, 9.17) is 10.7 Å². The van der Waals surface area contributed by atoms with Crippen molar-refractivity contribution in [3.8, 4) is 0 Å². The van der Waals surface area contributed by atoms with Gasteiger partial charge in [-0.1, -0.05) is 39.0 Å². The SMILES string of the molecule is CCc1c(C)nc(C2CCCCCCC2)nc1N. The molecule has 2 N–H and O–H groups in total. The van der Waals surface area contributed by atoms with Crippen LogP contribution in [0.3, 0.4) is 0 Å². The fourth-order valence-electron chi connectivity index (χ4n) is 2.97. The largest absolute Gasteiger partial charge is 0.383 e. The second-order valence-corrected chi connectivity index (χ2v) is 5.43. The van der Waals surface area contributed by atoms with Gasteiger partial charge in [0, 0.05) is 17.2 Å². The summed E-state index contributed by atoms with van der Waals surface area (Å²) in [5.41, 5.74) is 8.24. The Hall–Kier alpha value is -1.12. The molecular formula is C15H25N3. The number of rotatable bonds is 2. The molecule has 0 aliphatic heterocycles. The minimum atomic E-state index is 0.525. The molecule has 1 fully saturated rings. The van der Waals surface area contributed by atoms with Crippen LogP contribution >= 0.6 is 0 Å². The molecule has 100 valence electrons. The standard InChI is InChI=1S/C15H25N3/c1-3-13-11(2)17-15(18-14(13)16)12-9-7-5-4-6-8-10-12/h12H,3-10H2,1-2H3,(H2,16,17,18). The molecule has 1 heterocycles. The highest BCUT2D eigenvalue weighted by Crippen LogP contribution is 2.30. The highest BCUT2D eigenvalue weighted by atomic mass is 15.0. The third-order valence-corrected chi connectivity index (χ3v) is 4.09. The summed E-state index contributed by atoms with van der Waals surface area (Å²) in [5.74, 6) is 2.21. The van der Waals surface area contributed by atoms with Gasteiger partial charge < -0.3 is 5.73 Å². The smallest absolute Gasteiger partial charge is 0.134 e. The molecule has 18 heavy (non-hydrogen) atoms. The van der Waals surface area contributed by atoms with Gasteiger partial charge in [0.15, 0.2) is 0 Å². The number of aromatic nitrogens is 2. The summed E-state index contributed by atoms with van der Waals surface area (Å²) >= 11 is 0. The van der Waals surface area contributed by atoms with E-state index in [1.807, 2.05) is 0 Å². The summed E-state index contributed by atoms with van der Waals surface area (Å²) in [7, 11) is 0. The Morgan fingerprint density at radius 2 is 1.67 bits per heavy atom. The molecular weight excluding hydrogens is 222 g/mol. The maximum Gasteiger partial charge on any atom is 0.134 e. The Morgan fingerprint density at radius 1 is 1.06 bits per heavy atom. The Labute approximate surface area is 110 Å². The lowest BCUT2D eigenvalue weighted by atomic mass is 9.90. The molecule has 0 radical (unpaired) electrons. The Bertz CT molecular complexity index is 370. The molecule has 3 heteroatoms. The molecule has 1 aromatic rings. The van der Waals surface area contributed by atoms with Crippen molar-refractivity contribution in [2.24, 2.45) is 0 Å². The predicted molar refractivity (Wildman–Crippen MR) is 75.6 cm³/mol. The van der Waals surface area contributed by atoms with Gasteiger partial charge >= 0.3 is 0 Å². The first-order chi connectivity index (χ1) is 8.72. The van der Waals surface area contributed by atoms with Crippen molar-refractivity contribution >= 4 is 5.82 Å². The van der Waals surface area contributed by atoms with Gasteiger partial charge in [-0.3, -0.25) is 0 Å². The minimum Gasteiger partial charge on any atom is -0.383 e. The van der Waals surface area contributed by atoms with Gasteiger partial charge in [-0.15, -0.1) is 0 Å². The molecule has 0 bridgehead atoms. The quantitative estimate of drug-likeness (QED) is 0.865. The van der Waals surface area contributed by atoms with Crippen molar-refractivity contribution in [3.05, 3.63) is 17.1 Å². The maximum atomic E-state index is 6.06. The van der Waals surface area contributed by atoms with Crippen LogP contribution < -0.4 is 5.73 Å². The monoisotopic (exact) mass is 247 g/mol. The Kier molecular flexibility index (Phi) is 4.56. The average Bonchev–Trinajstić information content (AvgIpc) is 2.27. The first-order valence-corrected chi connectivity index (χ1v) is 7.35. The Balaban J connectivity index is 2.21. The summed E-state index contributed by atoms with van der Waals surface area (Å²) in [4.78, 5) is 9.28. The average molecular weight is 247 g/mol. The molecule has 2 rings (SSSR count). The summed E-state index contributed by atoms with van der Waals surface area (Å²) in [5, 5.41) is 0. The van der Waals surface area contributed by atoms with Crippen LogP contribution in [0.15, 0.2) is 0 Å². The molecule has 1 aliphatic rings. The van der Waals surface area contributed by atoms with E-state index in [1.165, 1.54) is 44.9 Å². The summed E-state index contributed by atoms with van der Waals surface area (Å²) in [6, 6.07) is 0. The van der Waals surface area contributed by atoms with E-state index in [9.17, 15) is 0 Å². The number of hydrogen-bond donors (Lipinski definition) is 1. The number of aryl methyl sites for hydroxylation is 1. The van der Waals surface area contributed by atoms with Crippen molar-refractivity contribution in [2.45, 2.75) is 71.1 Å². The van der Waals surface area contributed by atoms with Crippen LogP contribution in [0.1, 0.15) is 74.9 Å². The molecule has 3 nitrogen and oxygen atoms in total. The van der Waals surface area contributed by atoms with Crippen molar-refractivity contribution in [2.75, 3.05) is 5.73 Å². The molecule has 0 atom stereocenters. The van der Waals surface area contributed by atoms with Crippen molar-refractivity contribution in [1.82, 2.24) is 9.97 Å². The minimum absolute atomic E-state index is 0.525. The summed E-state index contributed by atoms with van der Waals surface area (Å²) in [6.07, 6.45) is 10.1. The van der Waals surface area contributed by atoms with Gasteiger partial charge in [0.2, 0.25) is 0 Å². The van der Waals surface area contributed by atoms with Gasteiger partial charge in [0.05, 0.1) is 0 Å². The van der Waals surface area contributed by atoms with Crippen LogP contribution in [0.5, 0.6) is 0 Å². The lowest BCUT2D eigenvalue weighted by Crippen LogP contribution is -2.12. The number of hydrogen-bond acceptors (Lipinski definition) is 3. The fourth-order valence-corrected chi connectivity index (χ4v) is 2.97. The van der Waals surface area contributed by atoms with Crippen molar-refractivity contribution < 1.29 is 0 Å². The molecule has 0 amide bonds. The van der Waals surface area contributed by atoms with Crippen molar-refractivity contribution in [3.63, 3.8) is 0 Å². The summed E-state index contributed by atoms with van der Waals surface area (Å²) < 4.78 is 0. The van der Waals surface area contributed by atoms with Crippen LogP contribution in [0.2, 0.25) is 0 Å². The van der Waals surface area contributed by atoms with E-state index in [-0.39, 0.29) is 0 Å². The van der Waals surface area contributed by atoms with Crippen LogP contribution in [0, 0.1) is 6.92 Å². The van der Waals surface area contributed by atoms with E-state index in [1.54, 1.807) is 0 Å². The first-order valence-electron chi connectivity index (χ1n) is 7.35. The van der Waals surface area contributed by atoms with E-state index in [0.29, 0.717) is 11.7 Å². The molecule has 0 unspecified atom stereocenters. The van der Waals surface area contributed by atoms with Gasteiger partial charge in [-0.2, -0.15) is 0 Å². The number of nitrogens with zero attached hydrogens (tertiary/aromatic N) is 2. The van der Waals surface area contributed by atoms with Crippen LogP contribution in [-0.4, -0.2) is 9.97 Å². The lowest BCUT2D eigenvalue weighted by molar-refractivity contribution is 0.442. The normalized spacial score (nSPS) is 18.3. The van der Waals surface area contributed by atoms with E-state index >= 15 is 0 Å². The highest BCUT2D eigenvalue weighted by Gasteiger charge is 2.18. The van der Waals surface area contributed by atoms with Crippen LogP contribution in [0.4, 0.5) is 5.82 Å². The van der Waals surface area contributed by atoms with E-state index in [0.717, 1.165) is 23.5 Å². The van der Waals surface area contributed by atoms with Crippen LogP contribution in [0.25, 0.3) is 0 Å². The van der Waals surface area contributed by atoms with Gasteiger partial charge in [0.25, 0.3) is 0 Å². The second kappa shape index (κ2) is 6.17. The third kappa shape index (κ3) is 3.01. The number of nitrogens with two attached hydrogens (primary N) is 1. The van der Waals surface area contributed by atoms with Gasteiger partial charge in [-0.05, 0) is 26.2 Å². The molecule has 1 aromatic heterocycles. The zero-order valence-electron chi connectivity index (χ0n) is 11.7. The molecule has 0 aromatic carbocycles. The second-order valence-electron chi connectivity index (χ2n) is 5.43. The van der Waals surface area contributed by atoms with E-state index in [2.05, 4.69) is 18.8 Å². The molecule has 1 aliphatic carbocycles. The summed E-state index contributed by atoms with van der Waals surface area (Å²) in [6.45, 7) is 4.17. The zero-order valence-corrected chi connectivity index (χ0v) is 11.7. The van der Waals surface area contributed by atoms with Gasteiger partial charge in [0.1, 0.15) is 11.6 Å². The number of nitrogen functional groups attached to an aromatic ring is 1. The van der Waals surface area contributed by atoms with Crippen LogP contribution in [-0.2, 0) is 6.42 Å². The number of anilines is 1. The highest BCUT2D eigenvalue weighted by molar-refractivity contribution is 5.42.